The minimum absolute atomic E-state index is 0.0377. The number of fused-ring (bicyclic) bond motifs is 1. The summed E-state index contributed by atoms with van der Waals surface area (Å²) >= 11 is 0. The quantitative estimate of drug-likeness (QED) is 0.800. The number of primary amides is 1. The zero-order valence-corrected chi connectivity index (χ0v) is 12.1. The molecule has 2 heterocycles. The Morgan fingerprint density at radius 3 is 2.77 bits per heavy atom. The van der Waals surface area contributed by atoms with Gasteiger partial charge in [0.2, 0.25) is 0 Å². The molecule has 0 aliphatic heterocycles. The topological polar surface area (TPSA) is 78.0 Å². The fraction of sp³-hybridized carbons (Fsp3) is 0.118. The number of aryl methyl sites for hydroxylation is 1. The van der Waals surface area contributed by atoms with Crippen LogP contribution >= 0.6 is 0 Å². The van der Waals surface area contributed by atoms with Crippen molar-refractivity contribution in [2.45, 2.75) is 13.5 Å². The average Bonchev–Trinajstić information content (AvgIpc) is 2.50. The molecule has 0 unspecified atom stereocenters. The Balaban J connectivity index is 2.12. The molecule has 110 valence electrons. The van der Waals surface area contributed by atoms with Crippen molar-refractivity contribution in [3.05, 3.63) is 75.8 Å². The van der Waals surface area contributed by atoms with Crippen LogP contribution in [-0.4, -0.2) is 15.5 Å². The minimum atomic E-state index is -0.701. The van der Waals surface area contributed by atoms with E-state index in [2.05, 4.69) is 4.98 Å². The summed E-state index contributed by atoms with van der Waals surface area (Å²) in [4.78, 5) is 28.2. The van der Waals surface area contributed by atoms with Gasteiger partial charge in [0, 0.05) is 17.8 Å². The third-order valence-electron chi connectivity index (χ3n) is 3.68. The predicted molar refractivity (Wildman–Crippen MR) is 84.8 cm³/mol. The number of benzene rings is 1. The van der Waals surface area contributed by atoms with Gasteiger partial charge < -0.3 is 10.3 Å². The number of hydrogen-bond acceptors (Lipinski definition) is 3. The van der Waals surface area contributed by atoms with Gasteiger partial charge in [0.05, 0.1) is 12.1 Å². The second kappa shape index (κ2) is 5.44. The summed E-state index contributed by atoms with van der Waals surface area (Å²) in [6.07, 6.45) is 3.39. The van der Waals surface area contributed by atoms with Gasteiger partial charge in [0.1, 0.15) is 5.56 Å². The van der Waals surface area contributed by atoms with Gasteiger partial charge in [-0.15, -0.1) is 0 Å². The molecule has 2 aromatic heterocycles. The van der Waals surface area contributed by atoms with Gasteiger partial charge in [-0.1, -0.05) is 24.3 Å². The summed E-state index contributed by atoms with van der Waals surface area (Å²) in [5.74, 6) is -0.701. The summed E-state index contributed by atoms with van der Waals surface area (Å²) in [7, 11) is 0. The lowest BCUT2D eigenvalue weighted by molar-refractivity contribution is 0.0997. The Morgan fingerprint density at radius 2 is 2.00 bits per heavy atom. The van der Waals surface area contributed by atoms with E-state index in [4.69, 9.17) is 5.73 Å². The van der Waals surface area contributed by atoms with Crippen LogP contribution < -0.4 is 11.3 Å². The minimum Gasteiger partial charge on any atom is -0.365 e. The molecule has 5 heteroatoms. The molecule has 0 spiro atoms. The number of hydrogen-bond donors (Lipinski definition) is 1. The molecule has 0 fully saturated rings. The molecular weight excluding hydrogens is 278 g/mol. The summed E-state index contributed by atoms with van der Waals surface area (Å²) in [6.45, 7) is 2.04. The molecule has 0 bridgehead atoms. The van der Waals surface area contributed by atoms with Crippen molar-refractivity contribution in [3.8, 4) is 0 Å². The van der Waals surface area contributed by atoms with E-state index >= 15 is 0 Å². The van der Waals surface area contributed by atoms with E-state index in [0.717, 1.165) is 16.5 Å². The average molecular weight is 293 g/mol. The highest BCUT2D eigenvalue weighted by Crippen LogP contribution is 2.16. The van der Waals surface area contributed by atoms with Crippen LogP contribution in [0.25, 0.3) is 10.9 Å². The molecule has 1 aromatic carbocycles. The number of carbonyl (C=O) groups is 1. The van der Waals surface area contributed by atoms with Crippen LogP contribution in [0.5, 0.6) is 0 Å². The Morgan fingerprint density at radius 1 is 1.23 bits per heavy atom. The first-order chi connectivity index (χ1) is 10.6. The van der Waals surface area contributed by atoms with E-state index < -0.39 is 5.91 Å². The number of pyridine rings is 2. The molecule has 1 amide bonds. The number of amides is 1. The number of rotatable bonds is 3. The summed E-state index contributed by atoms with van der Waals surface area (Å²) in [5.41, 5.74) is 7.32. The number of carbonyl (C=O) groups excluding carboxylic acids is 1. The number of nitrogens with zero attached hydrogens (tertiary/aromatic N) is 2. The van der Waals surface area contributed by atoms with Crippen LogP contribution in [0.15, 0.2) is 53.6 Å². The molecule has 3 rings (SSSR count). The molecular formula is C17H15N3O2. The van der Waals surface area contributed by atoms with Gasteiger partial charge in [-0.2, -0.15) is 0 Å². The lowest BCUT2D eigenvalue weighted by Gasteiger charge is -2.10. The van der Waals surface area contributed by atoms with Crippen LogP contribution in [0.4, 0.5) is 0 Å². The smallest absolute Gasteiger partial charge is 0.263 e. The van der Waals surface area contributed by atoms with Gasteiger partial charge in [-0.25, -0.2) is 0 Å². The van der Waals surface area contributed by atoms with E-state index in [1.165, 1.54) is 4.57 Å². The van der Waals surface area contributed by atoms with E-state index in [1.54, 1.807) is 25.4 Å². The number of aromatic nitrogens is 2. The Labute approximate surface area is 127 Å². The summed E-state index contributed by atoms with van der Waals surface area (Å²) in [6, 6.07) is 11.4. The maximum Gasteiger partial charge on any atom is 0.263 e. The Hall–Kier alpha value is -2.95. The Bertz CT molecular complexity index is 923. The fourth-order valence-corrected chi connectivity index (χ4v) is 2.57. The van der Waals surface area contributed by atoms with E-state index in [-0.39, 0.29) is 11.1 Å². The normalized spacial score (nSPS) is 10.8. The van der Waals surface area contributed by atoms with Crippen molar-refractivity contribution in [2.24, 2.45) is 5.73 Å². The van der Waals surface area contributed by atoms with E-state index in [1.807, 2.05) is 30.3 Å². The van der Waals surface area contributed by atoms with E-state index in [0.29, 0.717) is 12.1 Å². The van der Waals surface area contributed by atoms with Crippen molar-refractivity contribution < 1.29 is 4.79 Å². The summed E-state index contributed by atoms with van der Waals surface area (Å²) < 4.78 is 1.48. The van der Waals surface area contributed by atoms with Gasteiger partial charge in [0.25, 0.3) is 11.5 Å². The van der Waals surface area contributed by atoms with Crippen LogP contribution in [0, 0.1) is 6.92 Å². The van der Waals surface area contributed by atoms with Crippen LogP contribution in [0.2, 0.25) is 0 Å². The highest BCUT2D eigenvalue weighted by Gasteiger charge is 2.13. The van der Waals surface area contributed by atoms with Gasteiger partial charge in [0.15, 0.2) is 0 Å². The predicted octanol–water partition coefficient (Wildman–Crippen LogP) is 1.85. The maximum absolute atomic E-state index is 12.4. The molecule has 0 saturated carbocycles. The first-order valence-corrected chi connectivity index (χ1v) is 6.90. The highest BCUT2D eigenvalue weighted by molar-refractivity contribution is 5.93. The van der Waals surface area contributed by atoms with Gasteiger partial charge >= 0.3 is 0 Å². The Kier molecular flexibility index (Phi) is 3.47. The molecule has 0 aliphatic rings. The summed E-state index contributed by atoms with van der Waals surface area (Å²) in [5, 5.41) is 1.01. The van der Waals surface area contributed by atoms with Crippen molar-refractivity contribution in [2.75, 3.05) is 0 Å². The molecule has 0 radical (unpaired) electrons. The molecule has 22 heavy (non-hydrogen) atoms. The molecule has 0 aliphatic carbocycles. The van der Waals surface area contributed by atoms with Crippen LogP contribution in [0.3, 0.4) is 0 Å². The van der Waals surface area contributed by atoms with Gasteiger partial charge in [-0.3, -0.25) is 14.6 Å². The third kappa shape index (κ3) is 2.37. The first kappa shape index (κ1) is 14.0. The molecule has 0 atom stereocenters. The fourth-order valence-electron chi connectivity index (χ4n) is 2.57. The molecule has 5 nitrogen and oxygen atoms in total. The van der Waals surface area contributed by atoms with Crippen molar-refractivity contribution in [1.29, 1.82) is 0 Å². The maximum atomic E-state index is 12.4. The zero-order chi connectivity index (χ0) is 15.7. The zero-order valence-electron chi connectivity index (χ0n) is 12.1. The van der Waals surface area contributed by atoms with Crippen molar-refractivity contribution in [3.63, 3.8) is 0 Å². The second-order valence-corrected chi connectivity index (χ2v) is 5.16. The van der Waals surface area contributed by atoms with Gasteiger partial charge in [-0.05, 0) is 30.2 Å². The molecule has 2 N–H and O–H groups in total. The molecule has 3 aromatic rings. The standard InChI is InChI=1S/C17H15N3O2/c1-11-7-9-20(17(22)14(11)16(18)21)10-13-5-2-4-12-6-3-8-19-15(12)13/h2-9H,10H2,1H3,(H2,18,21). The molecule has 0 saturated heterocycles. The third-order valence-corrected chi connectivity index (χ3v) is 3.68. The number of para-hydroxylation sites is 1. The van der Waals surface area contributed by atoms with Crippen molar-refractivity contribution >= 4 is 16.8 Å². The van der Waals surface area contributed by atoms with Crippen LogP contribution in [0.1, 0.15) is 21.5 Å². The largest absolute Gasteiger partial charge is 0.365 e. The van der Waals surface area contributed by atoms with Crippen molar-refractivity contribution in [1.82, 2.24) is 9.55 Å². The number of nitrogens with two attached hydrogens (primary N) is 1. The van der Waals surface area contributed by atoms with Crippen LogP contribution in [-0.2, 0) is 6.54 Å². The van der Waals surface area contributed by atoms with E-state index in [9.17, 15) is 9.59 Å². The SMILES string of the molecule is Cc1ccn(Cc2cccc3cccnc23)c(=O)c1C(N)=O. The first-order valence-electron chi connectivity index (χ1n) is 6.90. The monoisotopic (exact) mass is 293 g/mol. The lowest BCUT2D eigenvalue weighted by Crippen LogP contribution is -2.30. The lowest BCUT2D eigenvalue weighted by atomic mass is 10.1. The highest BCUT2D eigenvalue weighted by atomic mass is 16.2. The second-order valence-electron chi connectivity index (χ2n) is 5.16.